The summed E-state index contributed by atoms with van der Waals surface area (Å²) in [4.78, 5) is 0. The highest BCUT2D eigenvalue weighted by Crippen LogP contribution is 2.11. The Bertz CT molecular complexity index is 219. The van der Waals surface area contributed by atoms with Crippen LogP contribution in [0.3, 0.4) is 0 Å². The van der Waals surface area contributed by atoms with Crippen LogP contribution in [0.1, 0.15) is 31.5 Å². The van der Waals surface area contributed by atoms with Crippen molar-refractivity contribution in [2.75, 3.05) is 6.54 Å². The summed E-state index contributed by atoms with van der Waals surface area (Å²) in [5.74, 6) is 1.62. The first-order valence-electron chi connectivity index (χ1n) is 3.76. The van der Waals surface area contributed by atoms with Crippen LogP contribution in [0.25, 0.3) is 0 Å². The molecule has 0 fully saturated rings. The number of aromatic nitrogens is 2. The van der Waals surface area contributed by atoms with Crippen LogP contribution in [-0.4, -0.2) is 16.7 Å². The molecule has 1 heterocycles. The molecule has 0 saturated carbocycles. The van der Waals surface area contributed by atoms with Crippen LogP contribution in [0, 0.1) is 0 Å². The van der Waals surface area contributed by atoms with Crippen LogP contribution in [0.5, 0.6) is 0 Å². The summed E-state index contributed by atoms with van der Waals surface area (Å²) < 4.78 is 5.28. The summed E-state index contributed by atoms with van der Waals surface area (Å²) in [6, 6.07) is 0. The predicted octanol–water partition coefficient (Wildman–Crippen LogP) is 0.694. The Morgan fingerprint density at radius 3 is 2.64 bits per heavy atom. The molecule has 11 heavy (non-hydrogen) atoms. The van der Waals surface area contributed by atoms with E-state index >= 15 is 0 Å². The fraction of sp³-hybridized carbons (Fsp3) is 0.714. The predicted molar refractivity (Wildman–Crippen MR) is 41.1 cm³/mol. The lowest BCUT2D eigenvalue weighted by Gasteiger charge is -1.93. The highest BCUT2D eigenvalue weighted by molar-refractivity contribution is 4.87. The highest BCUT2D eigenvalue weighted by atomic mass is 16.4. The van der Waals surface area contributed by atoms with Crippen molar-refractivity contribution >= 4 is 0 Å². The molecule has 0 amide bonds. The van der Waals surface area contributed by atoms with Gasteiger partial charge in [-0.25, -0.2) is 0 Å². The molecule has 1 aromatic rings. The van der Waals surface area contributed by atoms with Crippen LogP contribution in [0.4, 0.5) is 0 Å². The van der Waals surface area contributed by atoms with E-state index in [0.29, 0.717) is 30.7 Å². The Morgan fingerprint density at radius 2 is 2.18 bits per heavy atom. The van der Waals surface area contributed by atoms with Gasteiger partial charge in [0.05, 0.1) is 0 Å². The molecule has 0 aliphatic carbocycles. The van der Waals surface area contributed by atoms with Gasteiger partial charge < -0.3 is 10.2 Å². The van der Waals surface area contributed by atoms with E-state index in [0.717, 1.165) is 0 Å². The normalized spacial score (nSPS) is 10.9. The topological polar surface area (TPSA) is 64.9 Å². The fourth-order valence-corrected chi connectivity index (χ4v) is 0.724. The molecule has 0 aliphatic rings. The van der Waals surface area contributed by atoms with Gasteiger partial charge in [0, 0.05) is 18.9 Å². The second kappa shape index (κ2) is 3.48. The lowest BCUT2D eigenvalue weighted by molar-refractivity contribution is 0.433. The molecular weight excluding hydrogens is 142 g/mol. The third-order valence-corrected chi connectivity index (χ3v) is 1.33. The second-order valence-corrected chi connectivity index (χ2v) is 2.73. The van der Waals surface area contributed by atoms with Gasteiger partial charge in [0.25, 0.3) is 0 Å². The Hall–Kier alpha value is -0.900. The Morgan fingerprint density at radius 1 is 1.45 bits per heavy atom. The summed E-state index contributed by atoms with van der Waals surface area (Å²) in [5.41, 5.74) is 5.32. The smallest absolute Gasteiger partial charge is 0.219 e. The summed E-state index contributed by atoms with van der Waals surface area (Å²) in [5, 5.41) is 7.69. The van der Waals surface area contributed by atoms with Crippen LogP contribution in [0.15, 0.2) is 4.42 Å². The molecule has 0 spiro atoms. The number of rotatable bonds is 3. The molecule has 0 aliphatic heterocycles. The van der Waals surface area contributed by atoms with Crippen LogP contribution in [0.2, 0.25) is 0 Å². The van der Waals surface area contributed by atoms with E-state index in [2.05, 4.69) is 10.2 Å². The maximum atomic E-state index is 5.32. The second-order valence-electron chi connectivity index (χ2n) is 2.73. The first-order valence-corrected chi connectivity index (χ1v) is 3.76. The van der Waals surface area contributed by atoms with Gasteiger partial charge in [0.1, 0.15) is 0 Å². The van der Waals surface area contributed by atoms with Gasteiger partial charge in [-0.3, -0.25) is 0 Å². The third-order valence-electron chi connectivity index (χ3n) is 1.33. The first kappa shape index (κ1) is 8.20. The van der Waals surface area contributed by atoms with Crippen molar-refractivity contribution in [1.82, 2.24) is 10.2 Å². The highest BCUT2D eigenvalue weighted by Gasteiger charge is 2.07. The quantitative estimate of drug-likeness (QED) is 0.697. The van der Waals surface area contributed by atoms with Crippen LogP contribution in [-0.2, 0) is 6.42 Å². The van der Waals surface area contributed by atoms with Crippen LogP contribution < -0.4 is 5.73 Å². The maximum absolute atomic E-state index is 5.32. The minimum absolute atomic E-state index is 0.300. The number of nitrogens with zero attached hydrogens (tertiary/aromatic N) is 2. The van der Waals surface area contributed by atoms with E-state index in [9.17, 15) is 0 Å². The monoisotopic (exact) mass is 155 g/mol. The van der Waals surface area contributed by atoms with Crippen LogP contribution >= 0.6 is 0 Å². The molecule has 0 aromatic carbocycles. The molecule has 4 heteroatoms. The Kier molecular flexibility index (Phi) is 2.59. The van der Waals surface area contributed by atoms with E-state index < -0.39 is 0 Å². The van der Waals surface area contributed by atoms with E-state index in [-0.39, 0.29) is 0 Å². The summed E-state index contributed by atoms with van der Waals surface area (Å²) in [6.45, 7) is 4.58. The van der Waals surface area contributed by atoms with Gasteiger partial charge in [-0.1, -0.05) is 13.8 Å². The van der Waals surface area contributed by atoms with Crippen molar-refractivity contribution < 1.29 is 4.42 Å². The molecule has 0 radical (unpaired) electrons. The van der Waals surface area contributed by atoms with E-state index in [1.54, 1.807) is 0 Å². The summed E-state index contributed by atoms with van der Waals surface area (Å²) >= 11 is 0. The fourth-order valence-electron chi connectivity index (χ4n) is 0.724. The van der Waals surface area contributed by atoms with E-state index in [4.69, 9.17) is 10.2 Å². The summed E-state index contributed by atoms with van der Waals surface area (Å²) in [6.07, 6.45) is 0.666. The molecule has 1 aromatic heterocycles. The zero-order valence-corrected chi connectivity index (χ0v) is 6.87. The Balaban J connectivity index is 2.66. The van der Waals surface area contributed by atoms with Crippen molar-refractivity contribution in [3.63, 3.8) is 0 Å². The van der Waals surface area contributed by atoms with Crippen molar-refractivity contribution in [2.45, 2.75) is 26.2 Å². The van der Waals surface area contributed by atoms with Gasteiger partial charge in [-0.2, -0.15) is 0 Å². The molecule has 0 bridgehead atoms. The third kappa shape index (κ3) is 2.01. The average Bonchev–Trinajstić information content (AvgIpc) is 2.37. The number of hydrogen-bond acceptors (Lipinski definition) is 4. The van der Waals surface area contributed by atoms with Gasteiger partial charge in [-0.15, -0.1) is 10.2 Å². The molecule has 0 saturated heterocycles. The largest absolute Gasteiger partial charge is 0.425 e. The minimum atomic E-state index is 0.300. The van der Waals surface area contributed by atoms with E-state index in [1.807, 2.05) is 13.8 Å². The molecular formula is C7H13N3O. The molecule has 4 nitrogen and oxygen atoms in total. The van der Waals surface area contributed by atoms with Crippen molar-refractivity contribution in [1.29, 1.82) is 0 Å². The zero-order valence-electron chi connectivity index (χ0n) is 6.87. The average molecular weight is 155 g/mol. The standard InChI is InChI=1S/C7H13N3O/c1-5(2)7-10-9-6(11-7)3-4-8/h5H,3-4,8H2,1-2H3. The van der Waals surface area contributed by atoms with Crippen molar-refractivity contribution in [3.05, 3.63) is 11.8 Å². The molecule has 1 rings (SSSR count). The zero-order chi connectivity index (χ0) is 8.27. The van der Waals surface area contributed by atoms with Gasteiger partial charge in [-0.05, 0) is 0 Å². The summed E-state index contributed by atoms with van der Waals surface area (Å²) in [7, 11) is 0. The first-order chi connectivity index (χ1) is 5.24. The number of hydrogen-bond donors (Lipinski definition) is 1. The van der Waals surface area contributed by atoms with Gasteiger partial charge in [0.2, 0.25) is 11.8 Å². The van der Waals surface area contributed by atoms with Crippen molar-refractivity contribution in [3.8, 4) is 0 Å². The SMILES string of the molecule is CC(C)c1nnc(CCN)o1. The molecule has 2 N–H and O–H groups in total. The maximum Gasteiger partial charge on any atom is 0.219 e. The molecule has 0 unspecified atom stereocenters. The van der Waals surface area contributed by atoms with E-state index in [1.165, 1.54) is 0 Å². The lowest BCUT2D eigenvalue weighted by Crippen LogP contribution is -2.02. The van der Waals surface area contributed by atoms with Gasteiger partial charge >= 0.3 is 0 Å². The molecule has 0 atom stereocenters. The Labute approximate surface area is 65.8 Å². The number of nitrogens with two attached hydrogens (primary N) is 1. The lowest BCUT2D eigenvalue weighted by atomic mass is 10.2. The van der Waals surface area contributed by atoms with Crippen molar-refractivity contribution in [2.24, 2.45) is 5.73 Å². The van der Waals surface area contributed by atoms with Gasteiger partial charge in [0.15, 0.2) is 0 Å². The minimum Gasteiger partial charge on any atom is -0.425 e. The molecule has 62 valence electrons.